The number of rotatable bonds is 50. The average Bonchev–Trinajstić information content (AvgIpc) is 3.34. The van der Waals surface area contributed by atoms with Crippen LogP contribution in [0.5, 0.6) is 0 Å². The number of piperidine rings is 1. The van der Waals surface area contributed by atoms with Gasteiger partial charge in [-0.25, -0.2) is 4.79 Å². The highest BCUT2D eigenvalue weighted by molar-refractivity contribution is 5.71. The predicted molar refractivity (Wildman–Crippen MR) is 282 cm³/mol. The fraction of sp³-hybridized carbons (Fsp3) is 0.947. The summed E-state index contributed by atoms with van der Waals surface area (Å²) in [7, 11) is 0. The molecule has 1 heterocycles. The minimum absolute atomic E-state index is 0.120. The monoisotopic (exact) mass is 983 g/mol. The highest BCUT2D eigenvalue weighted by Gasteiger charge is 2.35. The number of amides is 1. The van der Waals surface area contributed by atoms with Crippen LogP contribution in [0.1, 0.15) is 260 Å². The number of esters is 2. The van der Waals surface area contributed by atoms with E-state index in [4.69, 9.17) is 33.2 Å². The van der Waals surface area contributed by atoms with Gasteiger partial charge in [0.25, 0.3) is 0 Å². The van der Waals surface area contributed by atoms with Gasteiger partial charge in [0, 0.05) is 52.2 Å². The van der Waals surface area contributed by atoms with Gasteiger partial charge in [-0.15, -0.1) is 0 Å². The van der Waals surface area contributed by atoms with E-state index in [1.165, 1.54) is 133 Å². The summed E-state index contributed by atoms with van der Waals surface area (Å²) in [5, 5.41) is 0. The number of hydrogen-bond donors (Lipinski definition) is 0. The van der Waals surface area contributed by atoms with Crippen molar-refractivity contribution in [3.05, 3.63) is 0 Å². The van der Waals surface area contributed by atoms with E-state index < -0.39 is 30.9 Å². The van der Waals surface area contributed by atoms with Crippen LogP contribution in [0.4, 0.5) is 4.79 Å². The number of unbranched alkanes of at least 4 members (excludes halogenated alkanes) is 24. The van der Waals surface area contributed by atoms with Crippen LogP contribution >= 0.6 is 0 Å². The third-order valence-corrected chi connectivity index (χ3v) is 13.3. The second kappa shape index (κ2) is 48.3. The molecule has 1 fully saturated rings. The van der Waals surface area contributed by atoms with Crippen LogP contribution < -0.4 is 0 Å². The Morgan fingerprint density at radius 2 is 0.754 bits per heavy atom. The normalized spacial score (nSPS) is 15.2. The van der Waals surface area contributed by atoms with Gasteiger partial charge in [0.15, 0.2) is 12.6 Å². The van der Waals surface area contributed by atoms with Crippen LogP contribution in [0.25, 0.3) is 0 Å². The Morgan fingerprint density at radius 1 is 0.435 bits per heavy atom. The maximum absolute atomic E-state index is 13.5. The molecule has 0 N–H and O–H groups in total. The summed E-state index contributed by atoms with van der Waals surface area (Å²) in [5.74, 6) is -0.773. The molecule has 408 valence electrons. The molecule has 0 unspecified atom stereocenters. The first-order valence-corrected chi connectivity index (χ1v) is 29.3. The zero-order valence-corrected chi connectivity index (χ0v) is 45.9. The molecule has 0 spiro atoms. The van der Waals surface area contributed by atoms with E-state index in [2.05, 4.69) is 46.4 Å². The lowest BCUT2D eigenvalue weighted by Crippen LogP contribution is -2.51. The van der Waals surface area contributed by atoms with Crippen molar-refractivity contribution < 1.29 is 47.5 Å². The quantitative estimate of drug-likeness (QED) is 0.0251. The summed E-state index contributed by atoms with van der Waals surface area (Å²) in [6.07, 6.45) is 32.8. The fourth-order valence-corrected chi connectivity index (χ4v) is 8.89. The molecule has 0 aromatic rings. The van der Waals surface area contributed by atoms with E-state index in [0.717, 1.165) is 71.0 Å². The number of nitrogens with zero attached hydrogens (tertiary/aromatic N) is 2. The van der Waals surface area contributed by atoms with Crippen molar-refractivity contribution in [3.63, 3.8) is 0 Å². The topological polar surface area (TPSA) is 122 Å². The molecule has 1 saturated heterocycles. The van der Waals surface area contributed by atoms with Gasteiger partial charge in [0.05, 0.1) is 32.5 Å². The van der Waals surface area contributed by atoms with E-state index in [1.54, 1.807) is 0 Å². The first-order valence-electron chi connectivity index (χ1n) is 29.3. The molecule has 0 aromatic carbocycles. The molecule has 1 amide bonds. The Hall–Kier alpha value is -1.99. The lowest BCUT2D eigenvalue weighted by atomic mass is 10.1. The van der Waals surface area contributed by atoms with Crippen molar-refractivity contribution in [2.75, 3.05) is 65.8 Å². The van der Waals surface area contributed by atoms with Crippen LogP contribution in [-0.2, 0) is 42.7 Å². The maximum Gasteiger partial charge on any atom is 0.410 e. The maximum atomic E-state index is 13.5. The summed E-state index contributed by atoms with van der Waals surface area (Å²) in [6, 6.07) is 0. The van der Waals surface area contributed by atoms with Gasteiger partial charge in [-0.1, -0.05) is 196 Å². The third kappa shape index (κ3) is 39.3. The highest BCUT2D eigenvalue weighted by Crippen LogP contribution is 2.22. The van der Waals surface area contributed by atoms with E-state index >= 15 is 0 Å². The van der Waals surface area contributed by atoms with Crippen LogP contribution in [0, 0.1) is 0 Å². The van der Waals surface area contributed by atoms with Crippen molar-refractivity contribution in [2.24, 2.45) is 0 Å². The molecule has 0 aromatic heterocycles. The van der Waals surface area contributed by atoms with E-state index in [1.807, 2.05) is 0 Å². The van der Waals surface area contributed by atoms with Crippen molar-refractivity contribution in [1.82, 2.24) is 9.80 Å². The number of ether oxygens (including phenoxy) is 7. The molecular formula is C57H110N2O10. The van der Waals surface area contributed by atoms with Gasteiger partial charge >= 0.3 is 18.0 Å². The fourth-order valence-electron chi connectivity index (χ4n) is 8.89. The number of carbonyl (C=O) groups is 3. The average molecular weight is 984 g/mol. The molecule has 12 nitrogen and oxygen atoms in total. The van der Waals surface area contributed by atoms with Crippen LogP contribution in [0.3, 0.4) is 0 Å². The number of carbonyl (C=O) groups excluding carboxylic acids is 3. The van der Waals surface area contributed by atoms with E-state index in [9.17, 15) is 14.4 Å². The van der Waals surface area contributed by atoms with Crippen LogP contribution in [-0.4, -0.2) is 118 Å². The minimum Gasteiger partial charge on any atom is -0.460 e. The van der Waals surface area contributed by atoms with Crippen molar-refractivity contribution in [2.45, 2.75) is 285 Å². The molecule has 1 aliphatic heterocycles. The first kappa shape index (κ1) is 65.0. The Bertz CT molecular complexity index is 1050. The zero-order chi connectivity index (χ0) is 50.3. The standard InChI is InChI=1S/C57H110N2O10/c1-7-13-17-21-25-29-33-43-63-55(64-44-34-30-26-22-18-14-8-2)40-38-53(60)68-51-48-52(50-59(49-51)57(62)67-47-37-42-58(11-5)12-6)69-54(61)39-41-56(65-45-35-31-27-23-19-15-9-3)66-46-36-32-28-24-20-16-10-4/h51-52,55-56H,7-50H2,1-6H3/t51-,52+. The largest absolute Gasteiger partial charge is 0.460 e. The van der Waals surface area contributed by atoms with Gasteiger partial charge in [-0.05, 0) is 45.2 Å². The molecule has 1 aliphatic rings. The Labute approximate surface area is 424 Å². The van der Waals surface area contributed by atoms with E-state index in [0.29, 0.717) is 52.1 Å². The van der Waals surface area contributed by atoms with E-state index in [-0.39, 0.29) is 44.5 Å². The molecule has 0 saturated carbocycles. The van der Waals surface area contributed by atoms with Gasteiger partial charge in [0.2, 0.25) is 0 Å². The van der Waals surface area contributed by atoms with Crippen LogP contribution in [0.2, 0.25) is 0 Å². The van der Waals surface area contributed by atoms with Gasteiger partial charge in [-0.3, -0.25) is 9.59 Å². The predicted octanol–water partition coefficient (Wildman–Crippen LogP) is 14.7. The van der Waals surface area contributed by atoms with Crippen molar-refractivity contribution in [1.29, 1.82) is 0 Å². The highest BCUT2D eigenvalue weighted by atomic mass is 16.7. The zero-order valence-electron chi connectivity index (χ0n) is 45.9. The Kier molecular flexibility index (Phi) is 45.5. The molecule has 69 heavy (non-hydrogen) atoms. The Morgan fingerprint density at radius 3 is 1.07 bits per heavy atom. The smallest absolute Gasteiger partial charge is 0.410 e. The third-order valence-electron chi connectivity index (χ3n) is 13.3. The summed E-state index contributed by atoms with van der Waals surface area (Å²) in [4.78, 5) is 44.3. The molecule has 2 atom stereocenters. The minimum atomic E-state index is -0.656. The summed E-state index contributed by atoms with van der Waals surface area (Å²) < 4.78 is 42.7. The second-order valence-corrected chi connectivity index (χ2v) is 19.8. The molecule has 1 rings (SSSR count). The lowest BCUT2D eigenvalue weighted by molar-refractivity contribution is -0.170. The van der Waals surface area contributed by atoms with Gasteiger partial charge in [-0.2, -0.15) is 0 Å². The molecule has 0 radical (unpaired) electrons. The number of likely N-dealkylation sites (tertiary alicyclic amines) is 1. The summed E-state index contributed by atoms with van der Waals surface area (Å²) in [6.45, 7) is 18.9. The van der Waals surface area contributed by atoms with Crippen LogP contribution in [0.15, 0.2) is 0 Å². The van der Waals surface area contributed by atoms with Gasteiger partial charge in [0.1, 0.15) is 12.2 Å². The number of hydrogen-bond acceptors (Lipinski definition) is 11. The van der Waals surface area contributed by atoms with Crippen molar-refractivity contribution in [3.8, 4) is 0 Å². The summed E-state index contributed by atoms with van der Waals surface area (Å²) in [5.41, 5.74) is 0. The molecule has 0 bridgehead atoms. The molecular weight excluding hydrogens is 873 g/mol. The van der Waals surface area contributed by atoms with Gasteiger partial charge < -0.3 is 43.0 Å². The van der Waals surface area contributed by atoms with Crippen molar-refractivity contribution >= 4 is 18.0 Å². The summed E-state index contributed by atoms with van der Waals surface area (Å²) >= 11 is 0. The SMILES string of the molecule is CCCCCCCCCOC(CCC(=O)O[C@@H]1C[C@H](OC(=O)CCC(OCCCCCCCCC)OCCCCCCCCC)CN(C(=O)OCCCN(CC)CC)C1)OCCCCCCCCC. The lowest BCUT2D eigenvalue weighted by Gasteiger charge is -2.36. The molecule has 0 aliphatic carbocycles. The molecule has 12 heteroatoms. The Balaban J connectivity index is 2.90. The second-order valence-electron chi connectivity index (χ2n) is 19.8. The first-order chi connectivity index (χ1) is 33.8.